The van der Waals surface area contributed by atoms with Crippen LogP contribution in [0.2, 0.25) is 0 Å². The lowest BCUT2D eigenvalue weighted by Crippen LogP contribution is -2.21. The van der Waals surface area contributed by atoms with Gasteiger partial charge >= 0.3 is 0 Å². The predicted octanol–water partition coefficient (Wildman–Crippen LogP) is 3.36. The predicted molar refractivity (Wildman–Crippen MR) is 83.7 cm³/mol. The molecule has 1 aromatic carbocycles. The number of hydrogen-bond acceptors (Lipinski definition) is 5. The van der Waals surface area contributed by atoms with Crippen LogP contribution in [0.15, 0.2) is 27.8 Å². The quantitative estimate of drug-likeness (QED) is 0.825. The van der Waals surface area contributed by atoms with Crippen molar-refractivity contribution >= 4 is 38.4 Å². The van der Waals surface area contributed by atoms with Gasteiger partial charge in [0.1, 0.15) is 11.8 Å². The smallest absolute Gasteiger partial charge is 0.203 e. The first-order chi connectivity index (χ1) is 9.60. The van der Waals surface area contributed by atoms with Crippen LogP contribution in [0, 0.1) is 0 Å². The lowest BCUT2D eigenvalue weighted by Gasteiger charge is -2.24. The summed E-state index contributed by atoms with van der Waals surface area (Å²) in [6.45, 7) is 0.423. The lowest BCUT2D eigenvalue weighted by atomic mass is 10.2. The number of aliphatic imine (C=N–C) groups is 1. The molecular weight excluding hydrogens is 348 g/mol. The summed E-state index contributed by atoms with van der Waals surface area (Å²) < 4.78 is 16.7. The molecule has 1 aliphatic rings. The summed E-state index contributed by atoms with van der Waals surface area (Å²) in [5.74, 6) is 1.74. The van der Waals surface area contributed by atoms with Crippen molar-refractivity contribution in [1.82, 2.24) is 0 Å². The zero-order valence-electron chi connectivity index (χ0n) is 11.3. The van der Waals surface area contributed by atoms with Crippen molar-refractivity contribution in [2.24, 2.45) is 4.99 Å². The second-order valence-electron chi connectivity index (χ2n) is 3.92. The van der Waals surface area contributed by atoms with Crippen molar-refractivity contribution < 1.29 is 14.2 Å². The van der Waals surface area contributed by atoms with E-state index in [0.717, 1.165) is 10.2 Å². The number of anilines is 1. The first-order valence-corrected chi connectivity index (χ1v) is 6.92. The standard InChI is InChI=1S/C13H14BrClN2O3/c1-18-10-4-8(5-11(19-2)12(10)20-3)17-6-9(14)13(15)16-7-17/h4-6H,7H2,1-3H3. The van der Waals surface area contributed by atoms with Crippen LogP contribution < -0.4 is 19.1 Å². The van der Waals surface area contributed by atoms with Gasteiger partial charge in [-0.2, -0.15) is 0 Å². The maximum Gasteiger partial charge on any atom is 0.203 e. The van der Waals surface area contributed by atoms with Gasteiger partial charge in [0.25, 0.3) is 0 Å². The molecule has 1 heterocycles. The molecule has 0 unspecified atom stereocenters. The van der Waals surface area contributed by atoms with E-state index in [4.69, 9.17) is 25.8 Å². The molecule has 2 rings (SSSR count). The molecule has 0 atom stereocenters. The number of methoxy groups -OCH3 is 3. The number of benzene rings is 1. The molecule has 0 radical (unpaired) electrons. The number of allylic oxidation sites excluding steroid dienone is 1. The minimum Gasteiger partial charge on any atom is -0.493 e. The Morgan fingerprint density at radius 2 is 1.75 bits per heavy atom. The van der Waals surface area contributed by atoms with E-state index < -0.39 is 0 Å². The van der Waals surface area contributed by atoms with E-state index in [1.807, 2.05) is 23.2 Å². The summed E-state index contributed by atoms with van der Waals surface area (Å²) >= 11 is 9.28. The van der Waals surface area contributed by atoms with Crippen molar-refractivity contribution in [3.8, 4) is 17.2 Å². The highest BCUT2D eigenvalue weighted by molar-refractivity contribution is 9.12. The van der Waals surface area contributed by atoms with Crippen LogP contribution in [0.5, 0.6) is 17.2 Å². The van der Waals surface area contributed by atoms with E-state index in [1.54, 1.807) is 21.3 Å². The van der Waals surface area contributed by atoms with E-state index in [0.29, 0.717) is 29.1 Å². The van der Waals surface area contributed by atoms with Crippen LogP contribution in [0.1, 0.15) is 0 Å². The normalized spacial score (nSPS) is 14.6. The first-order valence-electron chi connectivity index (χ1n) is 5.75. The molecule has 108 valence electrons. The summed E-state index contributed by atoms with van der Waals surface area (Å²) in [6.07, 6.45) is 1.86. The summed E-state index contributed by atoms with van der Waals surface area (Å²) in [6, 6.07) is 3.71. The third-order valence-electron chi connectivity index (χ3n) is 2.81. The zero-order chi connectivity index (χ0) is 14.7. The summed E-state index contributed by atoms with van der Waals surface area (Å²) in [4.78, 5) is 6.12. The van der Waals surface area contributed by atoms with Crippen molar-refractivity contribution in [1.29, 1.82) is 0 Å². The number of hydrogen-bond donors (Lipinski definition) is 0. The Morgan fingerprint density at radius 1 is 1.15 bits per heavy atom. The summed E-state index contributed by atoms with van der Waals surface area (Å²) in [7, 11) is 4.73. The fourth-order valence-electron chi connectivity index (χ4n) is 1.83. The molecule has 0 N–H and O–H groups in total. The van der Waals surface area contributed by atoms with Gasteiger partial charge in [-0.3, -0.25) is 4.99 Å². The average Bonchev–Trinajstić information content (AvgIpc) is 2.48. The topological polar surface area (TPSA) is 43.3 Å². The van der Waals surface area contributed by atoms with Crippen LogP contribution in [0.3, 0.4) is 0 Å². The molecule has 0 bridgehead atoms. The van der Waals surface area contributed by atoms with Gasteiger partial charge in [0.05, 0.1) is 25.8 Å². The Balaban J connectivity index is 2.43. The van der Waals surface area contributed by atoms with Gasteiger partial charge in [0.2, 0.25) is 5.75 Å². The summed E-state index contributed by atoms with van der Waals surface area (Å²) in [5, 5.41) is 0.452. The van der Waals surface area contributed by atoms with Gasteiger partial charge in [-0.15, -0.1) is 0 Å². The van der Waals surface area contributed by atoms with Gasteiger partial charge in [-0.25, -0.2) is 0 Å². The molecule has 5 nitrogen and oxygen atoms in total. The first kappa shape index (κ1) is 15.0. The fourth-order valence-corrected chi connectivity index (χ4v) is 2.31. The molecule has 0 fully saturated rings. The van der Waals surface area contributed by atoms with Gasteiger partial charge in [-0.1, -0.05) is 11.6 Å². The number of ether oxygens (including phenoxy) is 3. The fraction of sp³-hybridized carbons (Fsp3) is 0.308. The molecule has 7 heteroatoms. The zero-order valence-corrected chi connectivity index (χ0v) is 13.7. The Bertz CT molecular complexity index is 550. The largest absolute Gasteiger partial charge is 0.493 e. The molecule has 0 saturated carbocycles. The molecule has 0 aliphatic carbocycles. The van der Waals surface area contributed by atoms with Crippen LogP contribution >= 0.6 is 27.5 Å². The summed E-state index contributed by atoms with van der Waals surface area (Å²) in [5.41, 5.74) is 0.865. The second-order valence-corrected chi connectivity index (χ2v) is 5.13. The van der Waals surface area contributed by atoms with Gasteiger partial charge in [0.15, 0.2) is 11.5 Å². The van der Waals surface area contributed by atoms with Crippen molar-refractivity contribution in [2.75, 3.05) is 32.9 Å². The van der Waals surface area contributed by atoms with Crippen molar-refractivity contribution in [2.45, 2.75) is 0 Å². The molecular formula is C13H14BrClN2O3. The second kappa shape index (κ2) is 6.37. The highest BCUT2D eigenvalue weighted by Crippen LogP contribution is 2.41. The molecule has 1 aliphatic heterocycles. The number of rotatable bonds is 4. The Morgan fingerprint density at radius 3 is 2.20 bits per heavy atom. The molecule has 1 aromatic rings. The van der Waals surface area contributed by atoms with E-state index in [1.165, 1.54) is 0 Å². The maximum atomic E-state index is 5.92. The van der Waals surface area contributed by atoms with Crippen LogP contribution in [0.4, 0.5) is 5.69 Å². The lowest BCUT2D eigenvalue weighted by molar-refractivity contribution is 0.324. The van der Waals surface area contributed by atoms with Gasteiger partial charge < -0.3 is 19.1 Å². The Labute approximate surface area is 130 Å². The maximum absolute atomic E-state index is 5.92. The average molecular weight is 362 g/mol. The minimum atomic E-state index is 0.423. The third kappa shape index (κ3) is 2.86. The molecule has 0 saturated heterocycles. The number of halogens is 2. The van der Waals surface area contributed by atoms with Crippen molar-refractivity contribution in [3.63, 3.8) is 0 Å². The van der Waals surface area contributed by atoms with Crippen LogP contribution in [0.25, 0.3) is 0 Å². The monoisotopic (exact) mass is 360 g/mol. The number of nitrogens with zero attached hydrogens (tertiary/aromatic N) is 2. The Hall–Kier alpha value is -1.40. The SMILES string of the molecule is COc1cc(N2C=C(Br)C(Cl)=NC2)cc(OC)c1OC. The van der Waals surface area contributed by atoms with E-state index in [2.05, 4.69) is 20.9 Å². The highest BCUT2D eigenvalue weighted by atomic mass is 79.9. The van der Waals surface area contributed by atoms with Crippen LogP contribution in [-0.4, -0.2) is 33.2 Å². The molecule has 20 heavy (non-hydrogen) atoms. The minimum absolute atomic E-state index is 0.423. The molecule has 0 amide bonds. The third-order valence-corrected chi connectivity index (χ3v) is 3.94. The van der Waals surface area contributed by atoms with Gasteiger partial charge in [0, 0.05) is 24.0 Å². The Kier molecular flexibility index (Phi) is 4.77. The highest BCUT2D eigenvalue weighted by Gasteiger charge is 2.18. The molecule has 0 spiro atoms. The van der Waals surface area contributed by atoms with E-state index in [-0.39, 0.29) is 0 Å². The van der Waals surface area contributed by atoms with Crippen molar-refractivity contribution in [3.05, 3.63) is 22.8 Å². The van der Waals surface area contributed by atoms with Gasteiger partial charge in [-0.05, 0) is 15.9 Å². The molecule has 0 aromatic heterocycles. The van der Waals surface area contributed by atoms with Crippen LogP contribution in [-0.2, 0) is 0 Å². The van der Waals surface area contributed by atoms with E-state index in [9.17, 15) is 0 Å². The van der Waals surface area contributed by atoms with E-state index >= 15 is 0 Å².